The van der Waals surface area contributed by atoms with Crippen LogP contribution in [0.4, 0.5) is 4.79 Å². The summed E-state index contributed by atoms with van der Waals surface area (Å²) < 4.78 is 1.97. The Labute approximate surface area is 132 Å². The van der Waals surface area contributed by atoms with Gasteiger partial charge in [-0.1, -0.05) is 24.3 Å². The van der Waals surface area contributed by atoms with Gasteiger partial charge < -0.3 is 4.57 Å². The molecule has 1 aromatic carbocycles. The van der Waals surface area contributed by atoms with Crippen molar-refractivity contribution >= 4 is 29.0 Å². The molecule has 0 unspecified atom stereocenters. The lowest BCUT2D eigenvalue weighted by Gasteiger charge is -2.07. The Hall–Kier alpha value is -2.53. The molecule has 1 aromatic heterocycles. The first kappa shape index (κ1) is 14.4. The number of para-hydroxylation sites is 1. The molecule has 0 bridgehead atoms. The quantitative estimate of drug-likeness (QED) is 0.639. The van der Waals surface area contributed by atoms with Crippen molar-refractivity contribution in [2.75, 3.05) is 6.54 Å². The fourth-order valence-electron chi connectivity index (χ4n) is 2.20. The number of nitrogens with zero attached hydrogens (tertiary/aromatic N) is 2. The molecule has 22 heavy (non-hydrogen) atoms. The fourth-order valence-corrected chi connectivity index (χ4v) is 3.05. The predicted molar refractivity (Wildman–Crippen MR) is 88.6 cm³/mol. The van der Waals surface area contributed by atoms with E-state index in [1.165, 1.54) is 4.90 Å². The van der Waals surface area contributed by atoms with E-state index in [-0.39, 0.29) is 17.7 Å². The highest BCUT2D eigenvalue weighted by Crippen LogP contribution is 2.32. The van der Waals surface area contributed by atoms with Gasteiger partial charge in [-0.15, -0.1) is 6.58 Å². The zero-order valence-electron chi connectivity index (χ0n) is 11.8. The van der Waals surface area contributed by atoms with Gasteiger partial charge in [-0.2, -0.15) is 0 Å². The van der Waals surface area contributed by atoms with Crippen LogP contribution in [0, 0.1) is 0 Å². The maximum atomic E-state index is 12.1. The maximum Gasteiger partial charge on any atom is 0.293 e. The van der Waals surface area contributed by atoms with E-state index < -0.39 is 0 Å². The minimum atomic E-state index is -0.262. The number of carbonyl (C=O) groups excluding carboxylic acids is 2. The van der Waals surface area contributed by atoms with E-state index in [1.807, 2.05) is 53.4 Å². The Bertz CT molecular complexity index is 762. The van der Waals surface area contributed by atoms with Gasteiger partial charge in [0.15, 0.2) is 0 Å². The molecule has 0 atom stereocenters. The summed E-state index contributed by atoms with van der Waals surface area (Å²) in [6, 6.07) is 11.8. The van der Waals surface area contributed by atoms with E-state index in [2.05, 4.69) is 6.58 Å². The van der Waals surface area contributed by atoms with E-state index >= 15 is 0 Å². The third-order valence-corrected chi connectivity index (χ3v) is 4.16. The first-order valence-electron chi connectivity index (χ1n) is 6.79. The van der Waals surface area contributed by atoms with Crippen LogP contribution in [0.3, 0.4) is 0 Å². The highest BCUT2D eigenvalue weighted by molar-refractivity contribution is 8.18. The molecular weight excluding hydrogens is 296 g/mol. The number of hydrogen-bond acceptors (Lipinski definition) is 3. The third kappa shape index (κ3) is 2.76. The molecule has 3 rings (SSSR count). The van der Waals surface area contributed by atoms with Gasteiger partial charge in [0.25, 0.3) is 11.1 Å². The molecule has 1 aliphatic rings. The van der Waals surface area contributed by atoms with Crippen LogP contribution in [0.5, 0.6) is 0 Å². The third-order valence-electron chi connectivity index (χ3n) is 3.25. The number of carbonyl (C=O) groups is 2. The minimum absolute atomic E-state index is 0.243. The minimum Gasteiger partial charge on any atom is -0.323 e. The van der Waals surface area contributed by atoms with Crippen molar-refractivity contribution in [2.24, 2.45) is 0 Å². The first-order valence-corrected chi connectivity index (χ1v) is 7.60. The van der Waals surface area contributed by atoms with E-state index in [9.17, 15) is 9.59 Å². The molecule has 110 valence electrons. The molecule has 0 saturated carbocycles. The number of imide groups is 1. The van der Waals surface area contributed by atoms with Crippen LogP contribution >= 0.6 is 11.8 Å². The Morgan fingerprint density at radius 1 is 1.14 bits per heavy atom. The number of hydrogen-bond donors (Lipinski definition) is 0. The van der Waals surface area contributed by atoms with E-state index in [0.29, 0.717) is 4.91 Å². The summed E-state index contributed by atoms with van der Waals surface area (Å²) in [5, 5.41) is -0.251. The normalized spacial score (nSPS) is 16.5. The zero-order valence-corrected chi connectivity index (χ0v) is 12.6. The summed E-state index contributed by atoms with van der Waals surface area (Å²) in [6.07, 6.45) is 7.14. The SMILES string of the molecule is C=CCN1C(=O)S/C(=C/c2ccn(-c3ccccc3)c2)C1=O. The van der Waals surface area contributed by atoms with E-state index in [4.69, 9.17) is 0 Å². The average molecular weight is 310 g/mol. The molecule has 1 fully saturated rings. The number of aromatic nitrogens is 1. The number of amides is 2. The van der Waals surface area contributed by atoms with Gasteiger partial charge in [-0.05, 0) is 41.6 Å². The summed E-state index contributed by atoms with van der Waals surface area (Å²) in [5.74, 6) is -0.262. The molecule has 2 heterocycles. The monoisotopic (exact) mass is 310 g/mol. The van der Waals surface area contributed by atoms with Gasteiger partial charge in [0.1, 0.15) is 0 Å². The maximum absolute atomic E-state index is 12.1. The van der Waals surface area contributed by atoms with Crippen LogP contribution in [-0.4, -0.2) is 27.2 Å². The smallest absolute Gasteiger partial charge is 0.293 e. The molecule has 2 amide bonds. The van der Waals surface area contributed by atoms with Crippen molar-refractivity contribution < 1.29 is 9.59 Å². The molecule has 0 spiro atoms. The second kappa shape index (κ2) is 6.07. The molecule has 5 heteroatoms. The topological polar surface area (TPSA) is 42.3 Å². The van der Waals surface area contributed by atoms with Crippen LogP contribution in [0.2, 0.25) is 0 Å². The van der Waals surface area contributed by atoms with Crippen LogP contribution in [0.1, 0.15) is 5.56 Å². The second-order valence-corrected chi connectivity index (χ2v) is 5.76. The molecule has 0 N–H and O–H groups in total. The largest absolute Gasteiger partial charge is 0.323 e. The van der Waals surface area contributed by atoms with Crippen molar-refractivity contribution in [3.8, 4) is 5.69 Å². The van der Waals surface area contributed by atoms with Crippen molar-refractivity contribution in [3.05, 3.63) is 71.9 Å². The van der Waals surface area contributed by atoms with Gasteiger partial charge in [0, 0.05) is 24.6 Å². The van der Waals surface area contributed by atoms with Crippen LogP contribution in [0.25, 0.3) is 11.8 Å². The summed E-state index contributed by atoms with van der Waals surface area (Å²) in [6.45, 7) is 3.80. The molecule has 1 saturated heterocycles. The van der Waals surface area contributed by atoms with Crippen molar-refractivity contribution in [1.29, 1.82) is 0 Å². The predicted octanol–water partition coefficient (Wildman–Crippen LogP) is 3.70. The lowest BCUT2D eigenvalue weighted by atomic mass is 10.3. The van der Waals surface area contributed by atoms with Crippen molar-refractivity contribution in [3.63, 3.8) is 0 Å². The number of benzene rings is 1. The number of rotatable bonds is 4. The van der Waals surface area contributed by atoms with E-state index in [1.54, 1.807) is 12.2 Å². The first-order chi connectivity index (χ1) is 10.7. The Morgan fingerprint density at radius 3 is 2.64 bits per heavy atom. The zero-order chi connectivity index (χ0) is 15.5. The summed E-state index contributed by atoms with van der Waals surface area (Å²) in [4.78, 5) is 25.6. The summed E-state index contributed by atoms with van der Waals surface area (Å²) in [7, 11) is 0. The lowest BCUT2D eigenvalue weighted by molar-refractivity contribution is -0.122. The second-order valence-electron chi connectivity index (χ2n) is 4.77. The van der Waals surface area contributed by atoms with Crippen LogP contribution in [-0.2, 0) is 4.79 Å². The Morgan fingerprint density at radius 2 is 1.91 bits per heavy atom. The van der Waals surface area contributed by atoms with Crippen molar-refractivity contribution in [2.45, 2.75) is 0 Å². The molecule has 0 aliphatic carbocycles. The van der Waals surface area contributed by atoms with Gasteiger partial charge in [-0.3, -0.25) is 14.5 Å². The van der Waals surface area contributed by atoms with Gasteiger partial charge in [0.2, 0.25) is 0 Å². The van der Waals surface area contributed by atoms with E-state index in [0.717, 1.165) is 23.0 Å². The van der Waals surface area contributed by atoms with Crippen LogP contribution < -0.4 is 0 Å². The summed E-state index contributed by atoms with van der Waals surface area (Å²) in [5.41, 5.74) is 1.93. The highest BCUT2D eigenvalue weighted by atomic mass is 32.2. The van der Waals surface area contributed by atoms with Gasteiger partial charge in [0.05, 0.1) is 4.91 Å². The Kier molecular flexibility index (Phi) is 3.98. The summed E-state index contributed by atoms with van der Waals surface area (Å²) >= 11 is 0.963. The molecule has 2 aromatic rings. The van der Waals surface area contributed by atoms with Crippen molar-refractivity contribution in [1.82, 2.24) is 9.47 Å². The van der Waals surface area contributed by atoms with Gasteiger partial charge >= 0.3 is 0 Å². The average Bonchev–Trinajstić information content (AvgIpc) is 3.09. The molecule has 0 radical (unpaired) electrons. The number of thioether (sulfide) groups is 1. The molecular formula is C17H14N2O2S. The Balaban J connectivity index is 1.85. The van der Waals surface area contributed by atoms with Crippen LogP contribution in [0.15, 0.2) is 66.4 Å². The molecule has 1 aliphatic heterocycles. The fraction of sp³-hybridized carbons (Fsp3) is 0.0588. The standard InChI is InChI=1S/C17H14N2O2S/c1-2-9-19-16(20)15(22-17(19)21)11-13-8-10-18(12-13)14-6-4-3-5-7-14/h2-8,10-12H,1,9H2/b15-11+. The van der Waals surface area contributed by atoms with Gasteiger partial charge in [-0.25, -0.2) is 0 Å². The molecule has 4 nitrogen and oxygen atoms in total. The lowest BCUT2D eigenvalue weighted by Crippen LogP contribution is -2.27. The highest BCUT2D eigenvalue weighted by Gasteiger charge is 2.33.